The fraction of sp³-hybridized carbons (Fsp3) is 0.226. The molecular weight excluding hydrogens is 549 g/mol. The van der Waals surface area contributed by atoms with Crippen molar-refractivity contribution >= 4 is 33.7 Å². The molecule has 0 aliphatic heterocycles. The van der Waals surface area contributed by atoms with Gasteiger partial charge in [-0.25, -0.2) is 14.4 Å². The van der Waals surface area contributed by atoms with Gasteiger partial charge in [-0.3, -0.25) is 19.9 Å². The fourth-order valence-corrected chi connectivity index (χ4v) is 4.77. The number of carbonyl (C=O) groups is 1. The van der Waals surface area contributed by atoms with Crippen LogP contribution in [0.3, 0.4) is 0 Å². The first-order chi connectivity index (χ1) is 20.9. The lowest BCUT2D eigenvalue weighted by molar-refractivity contribution is -0.116. The summed E-state index contributed by atoms with van der Waals surface area (Å²) in [6.45, 7) is 3.10. The quantitative estimate of drug-likeness (QED) is 0.195. The maximum Gasteiger partial charge on any atom is 0.224 e. The number of ether oxygens (including phenoxy) is 1. The molecule has 11 nitrogen and oxygen atoms in total. The zero-order chi connectivity index (χ0) is 29.9. The summed E-state index contributed by atoms with van der Waals surface area (Å²) in [5.41, 5.74) is 5.79. The number of aromatic nitrogens is 7. The second-order valence-electron chi connectivity index (χ2n) is 10.4. The SMILES string of the molecule is CCCC(=O)Nc1cncc(-c2cc3c(-c4nc5nccc(-c6cc(F)cc(OCCN(C)C)c6)c5[nH]4)n[nH]c3cn2)c1. The standard InChI is InChI=1S/C31H30FN9O2/c1-4-5-27(42)36-21-11-19(15-33-16-21)25-14-24-26(17-35-25)39-40-29(24)31-37-28-23(6-7-34-30(28)38-31)18-10-20(32)13-22(12-18)43-9-8-41(2)3/h6-7,10-17H,4-5,8-9H2,1-3H3,(H,36,42)(H,39,40)(H,34,37,38). The summed E-state index contributed by atoms with van der Waals surface area (Å²) >= 11 is 0. The zero-order valence-electron chi connectivity index (χ0n) is 24.0. The van der Waals surface area contributed by atoms with Crippen molar-refractivity contribution in [3.8, 4) is 39.7 Å². The van der Waals surface area contributed by atoms with Gasteiger partial charge in [-0.1, -0.05) is 6.92 Å². The number of nitrogens with one attached hydrogen (secondary N) is 3. The van der Waals surface area contributed by atoms with Gasteiger partial charge in [0.05, 0.1) is 34.8 Å². The highest BCUT2D eigenvalue weighted by Crippen LogP contribution is 2.33. The molecule has 6 aromatic rings. The number of aromatic amines is 2. The third-order valence-corrected chi connectivity index (χ3v) is 6.85. The summed E-state index contributed by atoms with van der Waals surface area (Å²) in [5.74, 6) is 0.481. The van der Waals surface area contributed by atoms with Gasteiger partial charge in [0, 0.05) is 47.9 Å². The van der Waals surface area contributed by atoms with Gasteiger partial charge in [-0.2, -0.15) is 5.10 Å². The highest BCUT2D eigenvalue weighted by molar-refractivity contribution is 5.97. The number of imidazole rings is 1. The maximum atomic E-state index is 14.6. The van der Waals surface area contributed by atoms with Crippen molar-refractivity contribution in [2.24, 2.45) is 0 Å². The number of hydrogen-bond acceptors (Lipinski definition) is 8. The molecule has 6 rings (SSSR count). The molecule has 0 aliphatic rings. The van der Waals surface area contributed by atoms with Crippen LogP contribution in [0.2, 0.25) is 0 Å². The van der Waals surface area contributed by atoms with E-state index in [1.807, 2.05) is 50.2 Å². The van der Waals surface area contributed by atoms with Crippen molar-refractivity contribution in [2.75, 3.05) is 32.6 Å². The normalized spacial score (nSPS) is 11.5. The first kappa shape index (κ1) is 27.9. The number of halogens is 1. The average molecular weight is 580 g/mol. The molecule has 5 heterocycles. The largest absolute Gasteiger partial charge is 0.492 e. The predicted molar refractivity (Wildman–Crippen MR) is 163 cm³/mol. The molecule has 0 fully saturated rings. The Morgan fingerprint density at radius 3 is 2.79 bits per heavy atom. The van der Waals surface area contributed by atoms with Crippen LogP contribution in [0.15, 0.2) is 61.2 Å². The molecule has 43 heavy (non-hydrogen) atoms. The molecule has 218 valence electrons. The molecule has 1 amide bonds. The number of H-pyrrole nitrogens is 2. The smallest absolute Gasteiger partial charge is 0.224 e. The van der Waals surface area contributed by atoms with Crippen LogP contribution in [-0.4, -0.2) is 73.2 Å². The molecule has 1 aromatic carbocycles. The van der Waals surface area contributed by atoms with E-state index in [9.17, 15) is 9.18 Å². The number of fused-ring (bicyclic) bond motifs is 2. The Bertz CT molecular complexity index is 1930. The monoisotopic (exact) mass is 579 g/mol. The van der Waals surface area contributed by atoms with Crippen molar-refractivity contribution in [1.29, 1.82) is 0 Å². The van der Waals surface area contributed by atoms with Gasteiger partial charge in [0.15, 0.2) is 11.5 Å². The highest BCUT2D eigenvalue weighted by Gasteiger charge is 2.18. The lowest BCUT2D eigenvalue weighted by atomic mass is 10.1. The summed E-state index contributed by atoms with van der Waals surface area (Å²) in [6, 6.07) is 10.2. The minimum Gasteiger partial charge on any atom is -0.492 e. The molecule has 0 atom stereocenters. The number of benzene rings is 1. The second-order valence-corrected chi connectivity index (χ2v) is 10.4. The van der Waals surface area contributed by atoms with Crippen LogP contribution in [0, 0.1) is 5.82 Å². The minimum absolute atomic E-state index is 0.0637. The summed E-state index contributed by atoms with van der Waals surface area (Å²) in [7, 11) is 3.91. The number of anilines is 1. The van der Waals surface area contributed by atoms with Gasteiger partial charge in [0.25, 0.3) is 0 Å². The van der Waals surface area contributed by atoms with Gasteiger partial charge >= 0.3 is 0 Å². The molecule has 3 N–H and O–H groups in total. The van der Waals surface area contributed by atoms with Gasteiger partial charge < -0.3 is 19.9 Å². The summed E-state index contributed by atoms with van der Waals surface area (Å²) in [4.78, 5) is 35.4. The van der Waals surface area contributed by atoms with Crippen molar-refractivity contribution in [3.05, 3.63) is 67.0 Å². The van der Waals surface area contributed by atoms with E-state index in [-0.39, 0.29) is 5.91 Å². The van der Waals surface area contributed by atoms with Crippen LogP contribution in [0.25, 0.3) is 56.0 Å². The van der Waals surface area contributed by atoms with Crippen molar-refractivity contribution < 1.29 is 13.9 Å². The Morgan fingerprint density at radius 2 is 1.95 bits per heavy atom. The number of hydrogen-bond donors (Lipinski definition) is 3. The number of rotatable bonds is 10. The molecule has 0 bridgehead atoms. The van der Waals surface area contributed by atoms with Gasteiger partial charge in [0.2, 0.25) is 5.91 Å². The molecule has 0 radical (unpaired) electrons. The van der Waals surface area contributed by atoms with Crippen LogP contribution in [-0.2, 0) is 4.79 Å². The van der Waals surface area contributed by atoms with Gasteiger partial charge in [-0.15, -0.1) is 0 Å². The predicted octanol–water partition coefficient (Wildman–Crippen LogP) is 5.44. The Hall–Kier alpha value is -5.23. The summed E-state index contributed by atoms with van der Waals surface area (Å²) < 4.78 is 20.4. The molecule has 0 unspecified atom stereocenters. The van der Waals surface area contributed by atoms with E-state index in [4.69, 9.17) is 9.72 Å². The number of amides is 1. The van der Waals surface area contributed by atoms with Crippen LogP contribution in [0.4, 0.5) is 10.1 Å². The summed E-state index contributed by atoms with van der Waals surface area (Å²) in [5, 5.41) is 11.2. The number of carbonyl (C=O) groups excluding carboxylic acids is 1. The van der Waals surface area contributed by atoms with E-state index < -0.39 is 5.82 Å². The Kier molecular flexibility index (Phi) is 7.75. The zero-order valence-corrected chi connectivity index (χ0v) is 24.0. The molecule has 0 saturated carbocycles. The third-order valence-electron chi connectivity index (χ3n) is 6.85. The van der Waals surface area contributed by atoms with Crippen molar-refractivity contribution in [1.82, 2.24) is 40.0 Å². The second kappa shape index (κ2) is 11.9. The lowest BCUT2D eigenvalue weighted by Gasteiger charge is -2.12. The van der Waals surface area contributed by atoms with Crippen LogP contribution in [0.1, 0.15) is 19.8 Å². The maximum absolute atomic E-state index is 14.6. The Balaban J connectivity index is 1.35. The number of pyridine rings is 3. The fourth-order valence-electron chi connectivity index (χ4n) is 4.77. The first-order valence-corrected chi connectivity index (χ1v) is 13.9. The van der Waals surface area contributed by atoms with E-state index >= 15 is 0 Å². The van der Waals surface area contributed by atoms with E-state index in [0.29, 0.717) is 64.9 Å². The average Bonchev–Trinajstić information content (AvgIpc) is 3.60. The molecular formula is C31H30FN9O2. The van der Waals surface area contributed by atoms with Crippen LogP contribution < -0.4 is 10.1 Å². The topological polar surface area (TPSA) is 138 Å². The van der Waals surface area contributed by atoms with E-state index in [1.54, 1.807) is 24.8 Å². The minimum atomic E-state index is -0.399. The molecule has 0 aliphatic carbocycles. The van der Waals surface area contributed by atoms with Crippen molar-refractivity contribution in [2.45, 2.75) is 19.8 Å². The summed E-state index contributed by atoms with van der Waals surface area (Å²) in [6.07, 6.45) is 7.83. The molecule has 0 spiro atoms. The van der Waals surface area contributed by atoms with E-state index in [0.717, 1.165) is 28.5 Å². The number of nitrogens with zero attached hydrogens (tertiary/aromatic N) is 6. The molecule has 0 saturated heterocycles. The molecule has 5 aromatic heterocycles. The van der Waals surface area contributed by atoms with Gasteiger partial charge in [-0.05, 0) is 56.4 Å². The highest BCUT2D eigenvalue weighted by atomic mass is 19.1. The van der Waals surface area contributed by atoms with Gasteiger partial charge in [0.1, 0.15) is 23.9 Å². The van der Waals surface area contributed by atoms with Crippen molar-refractivity contribution in [3.63, 3.8) is 0 Å². The van der Waals surface area contributed by atoms with Crippen LogP contribution in [0.5, 0.6) is 5.75 Å². The third kappa shape index (κ3) is 6.04. The van der Waals surface area contributed by atoms with E-state index in [2.05, 4.69) is 35.5 Å². The first-order valence-electron chi connectivity index (χ1n) is 13.9. The Morgan fingerprint density at radius 1 is 1.07 bits per heavy atom. The number of likely N-dealkylation sites (N-methyl/N-ethyl adjacent to an activating group) is 1. The lowest BCUT2D eigenvalue weighted by Crippen LogP contribution is -2.19. The van der Waals surface area contributed by atoms with Crippen LogP contribution >= 0.6 is 0 Å². The van der Waals surface area contributed by atoms with E-state index in [1.165, 1.54) is 12.1 Å². The molecule has 12 heteroatoms. The Labute approximate surface area is 246 Å².